The Morgan fingerprint density at radius 1 is 1.25 bits per heavy atom. The van der Waals surface area contributed by atoms with Crippen LogP contribution in [0.15, 0.2) is 39.2 Å². The molecule has 0 saturated heterocycles. The molecule has 1 aromatic heterocycles. The van der Waals surface area contributed by atoms with Crippen LogP contribution in [-0.2, 0) is 11.4 Å². The number of nitrogens with zero attached hydrogens (tertiary/aromatic N) is 2. The molecule has 1 unspecified atom stereocenters. The van der Waals surface area contributed by atoms with Crippen molar-refractivity contribution in [2.24, 2.45) is 4.40 Å². The van der Waals surface area contributed by atoms with E-state index in [1.165, 1.54) is 0 Å². The fourth-order valence-electron chi connectivity index (χ4n) is 1.60. The smallest absolute Gasteiger partial charge is 0.144 e. The predicted molar refractivity (Wildman–Crippen MR) is 89.5 cm³/mol. The number of halogens is 1. The summed E-state index contributed by atoms with van der Waals surface area (Å²) in [5, 5.41) is 1.07. The highest BCUT2D eigenvalue weighted by Crippen LogP contribution is 2.20. The van der Waals surface area contributed by atoms with Crippen molar-refractivity contribution >= 4 is 43.9 Å². The molecule has 0 aliphatic rings. The summed E-state index contributed by atoms with van der Waals surface area (Å²) < 4.78 is 16.9. The summed E-state index contributed by atoms with van der Waals surface area (Å²) in [5.41, 5.74) is 2.35. The lowest BCUT2D eigenvalue weighted by atomic mass is 10.2. The average molecular weight is 353 g/mol. The van der Waals surface area contributed by atoms with E-state index in [9.17, 15) is 4.55 Å². The number of hydrogen-bond acceptors (Lipinski definition) is 3. The van der Waals surface area contributed by atoms with E-state index in [2.05, 4.69) is 25.3 Å². The molecule has 0 N–H and O–H groups in total. The molecule has 1 heterocycles. The van der Waals surface area contributed by atoms with Gasteiger partial charge < -0.3 is 4.55 Å². The average Bonchev–Trinajstić information content (AvgIpc) is 2.36. The summed E-state index contributed by atoms with van der Waals surface area (Å²) >= 11 is 2.17. The quantitative estimate of drug-likeness (QED) is 0.598. The van der Waals surface area contributed by atoms with Crippen LogP contribution in [0.25, 0.3) is 10.9 Å². The van der Waals surface area contributed by atoms with Crippen LogP contribution >= 0.6 is 15.9 Å². The lowest BCUT2D eigenvalue weighted by molar-refractivity contribution is 0.561. The highest BCUT2D eigenvalue weighted by atomic mass is 79.9. The number of pyridine rings is 1. The second-order valence-electron chi connectivity index (χ2n) is 5.57. The number of benzene rings is 1. The first-order valence-corrected chi connectivity index (χ1v) is 8.21. The SMILES string of the molecule is C/C(=N\[S+]([O-])C(C)(C)C)c1ccc2ccc(Br)cc2n1. The summed E-state index contributed by atoms with van der Waals surface area (Å²) in [4.78, 5) is 4.58. The fraction of sp³-hybridized carbons (Fsp3) is 0.333. The zero-order valence-electron chi connectivity index (χ0n) is 12.0. The van der Waals surface area contributed by atoms with Crippen molar-refractivity contribution < 1.29 is 4.55 Å². The third-order valence-corrected chi connectivity index (χ3v) is 4.75. The lowest BCUT2D eigenvalue weighted by Gasteiger charge is -2.18. The van der Waals surface area contributed by atoms with Gasteiger partial charge in [0.15, 0.2) is 0 Å². The van der Waals surface area contributed by atoms with Crippen LogP contribution in [0.3, 0.4) is 0 Å². The van der Waals surface area contributed by atoms with E-state index in [1.54, 1.807) is 0 Å². The van der Waals surface area contributed by atoms with Crippen molar-refractivity contribution in [2.75, 3.05) is 0 Å². The molecule has 2 aromatic rings. The van der Waals surface area contributed by atoms with E-state index in [-0.39, 0.29) is 4.75 Å². The van der Waals surface area contributed by atoms with Crippen LogP contribution in [0.5, 0.6) is 0 Å². The van der Waals surface area contributed by atoms with E-state index < -0.39 is 11.4 Å². The Balaban J connectivity index is 2.40. The molecule has 2 rings (SSSR count). The number of hydrogen-bond donors (Lipinski definition) is 0. The van der Waals surface area contributed by atoms with Gasteiger partial charge in [0.25, 0.3) is 0 Å². The number of aromatic nitrogens is 1. The Bertz CT molecular complexity index is 664. The van der Waals surface area contributed by atoms with Gasteiger partial charge in [0.1, 0.15) is 21.8 Å². The van der Waals surface area contributed by atoms with Gasteiger partial charge in [-0.25, -0.2) is 4.98 Å². The highest BCUT2D eigenvalue weighted by molar-refractivity contribution is 9.10. The molecular formula is C15H17BrN2OS. The van der Waals surface area contributed by atoms with Crippen LogP contribution in [0, 0.1) is 0 Å². The second kappa shape index (κ2) is 5.84. The van der Waals surface area contributed by atoms with E-state index in [0.29, 0.717) is 5.71 Å². The van der Waals surface area contributed by atoms with Crippen molar-refractivity contribution in [1.29, 1.82) is 0 Å². The molecule has 5 heteroatoms. The van der Waals surface area contributed by atoms with Crippen molar-refractivity contribution in [2.45, 2.75) is 32.4 Å². The van der Waals surface area contributed by atoms with E-state index in [0.717, 1.165) is 21.1 Å². The number of rotatable bonds is 2. The summed E-state index contributed by atoms with van der Waals surface area (Å²) in [6, 6.07) is 9.88. The maximum atomic E-state index is 12.1. The third-order valence-electron chi connectivity index (χ3n) is 2.77. The van der Waals surface area contributed by atoms with Crippen molar-refractivity contribution in [1.82, 2.24) is 4.98 Å². The van der Waals surface area contributed by atoms with Crippen LogP contribution in [-0.4, -0.2) is 20.0 Å². The van der Waals surface area contributed by atoms with Crippen molar-refractivity contribution in [3.05, 3.63) is 40.5 Å². The summed E-state index contributed by atoms with van der Waals surface area (Å²) in [6.07, 6.45) is 0. The Morgan fingerprint density at radius 3 is 2.55 bits per heavy atom. The van der Waals surface area contributed by atoms with Crippen molar-refractivity contribution in [3.8, 4) is 0 Å². The molecule has 0 amide bonds. The minimum atomic E-state index is -1.27. The molecule has 1 atom stereocenters. The minimum absolute atomic E-state index is 0.360. The van der Waals surface area contributed by atoms with Crippen LogP contribution in [0.4, 0.5) is 0 Å². The molecule has 20 heavy (non-hydrogen) atoms. The van der Waals surface area contributed by atoms with Gasteiger partial charge in [-0.3, -0.25) is 0 Å². The van der Waals surface area contributed by atoms with Crippen LogP contribution in [0.2, 0.25) is 0 Å². The molecule has 1 aromatic carbocycles. The highest BCUT2D eigenvalue weighted by Gasteiger charge is 2.26. The van der Waals surface area contributed by atoms with E-state index >= 15 is 0 Å². The summed E-state index contributed by atoms with van der Waals surface area (Å²) in [6.45, 7) is 7.57. The topological polar surface area (TPSA) is 48.3 Å². The normalized spacial score (nSPS) is 14.6. The minimum Gasteiger partial charge on any atom is -0.591 e. The van der Waals surface area contributed by atoms with Gasteiger partial charge >= 0.3 is 0 Å². The largest absolute Gasteiger partial charge is 0.591 e. The Hall–Kier alpha value is -0.910. The summed E-state index contributed by atoms with van der Waals surface area (Å²) in [5.74, 6) is 0. The van der Waals surface area contributed by atoms with Gasteiger partial charge in [-0.15, -0.1) is 0 Å². The van der Waals surface area contributed by atoms with Crippen molar-refractivity contribution in [3.63, 3.8) is 0 Å². The first-order chi connectivity index (χ1) is 9.27. The van der Waals surface area contributed by atoms with E-state index in [1.807, 2.05) is 58.0 Å². The second-order valence-corrected chi connectivity index (χ2v) is 8.39. The fourth-order valence-corrected chi connectivity index (χ4v) is 2.57. The Kier molecular flexibility index (Phi) is 4.52. The maximum absolute atomic E-state index is 12.1. The molecule has 3 nitrogen and oxygen atoms in total. The zero-order valence-corrected chi connectivity index (χ0v) is 14.4. The standard InChI is InChI=1S/C15H17BrN2OS/c1-10(18-20(19)15(2,3)4)13-8-6-11-5-7-12(16)9-14(11)17-13/h5-9H,1-4H3/b18-10+. The first kappa shape index (κ1) is 15.5. The maximum Gasteiger partial charge on any atom is 0.144 e. The molecule has 0 fully saturated rings. The number of fused-ring (bicyclic) bond motifs is 1. The zero-order chi connectivity index (χ0) is 14.9. The van der Waals surface area contributed by atoms with Gasteiger partial charge in [0.05, 0.1) is 11.2 Å². The Morgan fingerprint density at radius 2 is 1.90 bits per heavy atom. The Labute approximate surface area is 131 Å². The molecule has 0 saturated carbocycles. The monoisotopic (exact) mass is 352 g/mol. The molecule has 0 aliphatic carbocycles. The third kappa shape index (κ3) is 3.59. The van der Waals surface area contributed by atoms with Gasteiger partial charge in [-0.2, -0.15) is 0 Å². The first-order valence-electron chi connectivity index (χ1n) is 6.31. The molecular weight excluding hydrogens is 336 g/mol. The van der Waals surface area contributed by atoms with Crippen LogP contribution in [0.1, 0.15) is 33.4 Å². The molecule has 0 spiro atoms. The van der Waals surface area contributed by atoms with Gasteiger partial charge in [0.2, 0.25) is 0 Å². The lowest BCUT2D eigenvalue weighted by Crippen LogP contribution is -2.26. The van der Waals surface area contributed by atoms with Crippen LogP contribution < -0.4 is 0 Å². The molecule has 0 bridgehead atoms. The molecule has 0 radical (unpaired) electrons. The van der Waals surface area contributed by atoms with Gasteiger partial charge in [0, 0.05) is 9.86 Å². The van der Waals surface area contributed by atoms with Gasteiger partial charge in [-0.05, 0) is 45.9 Å². The molecule has 0 aliphatic heterocycles. The van der Waals surface area contributed by atoms with E-state index in [4.69, 9.17) is 0 Å². The molecule has 106 valence electrons. The van der Waals surface area contributed by atoms with Gasteiger partial charge in [-0.1, -0.05) is 32.5 Å². The predicted octanol–water partition coefficient (Wildman–Crippen LogP) is 4.27. The summed E-state index contributed by atoms with van der Waals surface area (Å²) in [7, 11) is 0.